The summed E-state index contributed by atoms with van der Waals surface area (Å²) in [5.74, 6) is 0.659. The van der Waals surface area contributed by atoms with E-state index in [9.17, 15) is 9.90 Å². The molecule has 1 amide bonds. The van der Waals surface area contributed by atoms with Crippen molar-refractivity contribution in [3.05, 3.63) is 24.3 Å². The molecule has 0 spiro atoms. The molecule has 1 unspecified atom stereocenters. The first-order valence-electron chi connectivity index (χ1n) is 5.83. The van der Waals surface area contributed by atoms with Crippen LogP contribution in [0.5, 0.6) is 5.75 Å². The van der Waals surface area contributed by atoms with Crippen LogP contribution >= 0.6 is 11.8 Å². The van der Waals surface area contributed by atoms with Gasteiger partial charge in [-0.2, -0.15) is 0 Å². The van der Waals surface area contributed by atoms with E-state index in [-0.39, 0.29) is 17.7 Å². The van der Waals surface area contributed by atoms with Crippen LogP contribution in [0.25, 0.3) is 0 Å². The lowest BCUT2D eigenvalue weighted by Crippen LogP contribution is -2.33. The van der Waals surface area contributed by atoms with Crippen molar-refractivity contribution < 1.29 is 9.90 Å². The van der Waals surface area contributed by atoms with Gasteiger partial charge in [-0.05, 0) is 31.5 Å². The topological polar surface area (TPSA) is 49.3 Å². The van der Waals surface area contributed by atoms with Crippen molar-refractivity contribution in [1.29, 1.82) is 0 Å². The lowest BCUT2D eigenvalue weighted by Gasteiger charge is -2.12. The van der Waals surface area contributed by atoms with Gasteiger partial charge < -0.3 is 10.4 Å². The summed E-state index contributed by atoms with van der Waals surface area (Å²) in [4.78, 5) is 12.5. The van der Waals surface area contributed by atoms with E-state index in [0.29, 0.717) is 5.75 Å². The molecule has 4 heteroatoms. The molecule has 1 aromatic carbocycles. The molecule has 0 radical (unpaired) electrons. The molecule has 17 heavy (non-hydrogen) atoms. The molecule has 0 bridgehead atoms. The van der Waals surface area contributed by atoms with Gasteiger partial charge in [0.2, 0.25) is 5.91 Å². The van der Waals surface area contributed by atoms with Gasteiger partial charge in [0.05, 0.1) is 5.75 Å². The number of nitrogens with one attached hydrogen (secondary N) is 1. The third-order valence-electron chi connectivity index (χ3n) is 2.32. The van der Waals surface area contributed by atoms with E-state index in [2.05, 4.69) is 12.2 Å². The Hall–Kier alpha value is -1.16. The van der Waals surface area contributed by atoms with Crippen LogP contribution in [-0.4, -0.2) is 22.8 Å². The number of thioether (sulfide) groups is 1. The Bertz CT molecular complexity index is 368. The van der Waals surface area contributed by atoms with Crippen LogP contribution in [0.3, 0.4) is 0 Å². The van der Waals surface area contributed by atoms with E-state index in [1.807, 2.05) is 13.0 Å². The summed E-state index contributed by atoms with van der Waals surface area (Å²) in [7, 11) is 0. The zero-order valence-corrected chi connectivity index (χ0v) is 11.1. The van der Waals surface area contributed by atoms with E-state index >= 15 is 0 Å². The lowest BCUT2D eigenvalue weighted by molar-refractivity contribution is -0.119. The number of phenols is 1. The summed E-state index contributed by atoms with van der Waals surface area (Å²) < 4.78 is 0. The number of aromatic hydroxyl groups is 1. The van der Waals surface area contributed by atoms with E-state index in [0.717, 1.165) is 17.7 Å². The SMILES string of the molecule is CCCC(C)NC(=O)CSc1cccc(O)c1. The first-order chi connectivity index (χ1) is 8.11. The highest BCUT2D eigenvalue weighted by Crippen LogP contribution is 2.21. The van der Waals surface area contributed by atoms with Crippen LogP contribution in [0.15, 0.2) is 29.2 Å². The first kappa shape index (κ1) is 13.9. The standard InChI is InChI=1S/C13H19NO2S/c1-3-5-10(2)14-13(16)9-17-12-7-4-6-11(15)8-12/h4,6-8,10,15H,3,5,9H2,1-2H3,(H,14,16). The number of amides is 1. The first-order valence-corrected chi connectivity index (χ1v) is 6.81. The molecule has 0 aromatic heterocycles. The quantitative estimate of drug-likeness (QED) is 0.766. The van der Waals surface area contributed by atoms with Gasteiger partial charge in [-0.1, -0.05) is 19.4 Å². The van der Waals surface area contributed by atoms with E-state index < -0.39 is 0 Å². The average molecular weight is 253 g/mol. The van der Waals surface area contributed by atoms with Crippen LogP contribution in [0.4, 0.5) is 0 Å². The Balaban J connectivity index is 2.33. The normalized spacial score (nSPS) is 12.1. The van der Waals surface area contributed by atoms with Crippen molar-refractivity contribution >= 4 is 17.7 Å². The molecule has 2 N–H and O–H groups in total. The molecule has 0 aliphatic carbocycles. The van der Waals surface area contributed by atoms with E-state index in [4.69, 9.17) is 0 Å². The van der Waals surface area contributed by atoms with Gasteiger partial charge >= 0.3 is 0 Å². The van der Waals surface area contributed by atoms with Crippen LogP contribution < -0.4 is 5.32 Å². The maximum Gasteiger partial charge on any atom is 0.230 e. The fraction of sp³-hybridized carbons (Fsp3) is 0.462. The van der Waals surface area contributed by atoms with Crippen molar-refractivity contribution in [2.45, 2.75) is 37.6 Å². The highest BCUT2D eigenvalue weighted by molar-refractivity contribution is 8.00. The molecule has 0 fully saturated rings. The summed E-state index contributed by atoms with van der Waals surface area (Å²) in [6, 6.07) is 7.17. The predicted molar refractivity (Wildman–Crippen MR) is 71.3 cm³/mol. The molecule has 1 aromatic rings. The number of hydrogen-bond acceptors (Lipinski definition) is 3. The van der Waals surface area contributed by atoms with Crippen molar-refractivity contribution in [1.82, 2.24) is 5.32 Å². The lowest BCUT2D eigenvalue weighted by atomic mass is 10.2. The second-order valence-electron chi connectivity index (χ2n) is 4.04. The zero-order valence-electron chi connectivity index (χ0n) is 10.3. The largest absolute Gasteiger partial charge is 0.508 e. The molecule has 0 heterocycles. The van der Waals surface area contributed by atoms with Crippen LogP contribution in [0.1, 0.15) is 26.7 Å². The molecular formula is C13H19NO2S. The number of phenolic OH excluding ortho intramolecular Hbond substituents is 1. The van der Waals surface area contributed by atoms with E-state index in [1.54, 1.807) is 18.2 Å². The smallest absolute Gasteiger partial charge is 0.230 e. The molecular weight excluding hydrogens is 234 g/mol. The summed E-state index contributed by atoms with van der Waals surface area (Å²) in [6.45, 7) is 4.12. The van der Waals surface area contributed by atoms with Gasteiger partial charge in [0, 0.05) is 10.9 Å². The second kappa shape index (κ2) is 7.22. The number of rotatable bonds is 6. The molecule has 0 aliphatic rings. The summed E-state index contributed by atoms with van der Waals surface area (Å²) in [6.07, 6.45) is 2.07. The molecule has 1 atom stereocenters. The molecule has 0 aliphatic heterocycles. The van der Waals surface area contributed by atoms with E-state index in [1.165, 1.54) is 11.8 Å². The van der Waals surface area contributed by atoms with Crippen LogP contribution in [-0.2, 0) is 4.79 Å². The monoisotopic (exact) mass is 253 g/mol. The summed E-state index contributed by atoms with van der Waals surface area (Å²) in [5, 5.41) is 12.2. The van der Waals surface area contributed by atoms with Gasteiger partial charge in [0.25, 0.3) is 0 Å². The third kappa shape index (κ3) is 5.63. The maximum atomic E-state index is 11.6. The molecule has 3 nitrogen and oxygen atoms in total. The van der Waals surface area contributed by atoms with Crippen LogP contribution in [0.2, 0.25) is 0 Å². The Kier molecular flexibility index (Phi) is 5.91. The van der Waals surface area contributed by atoms with Gasteiger partial charge in [-0.15, -0.1) is 11.8 Å². The summed E-state index contributed by atoms with van der Waals surface area (Å²) >= 11 is 1.43. The van der Waals surface area contributed by atoms with Crippen molar-refractivity contribution in [2.24, 2.45) is 0 Å². The number of carbonyl (C=O) groups is 1. The molecule has 0 saturated carbocycles. The van der Waals surface area contributed by atoms with Crippen molar-refractivity contribution in [3.63, 3.8) is 0 Å². The molecule has 0 saturated heterocycles. The molecule has 1 rings (SSSR count). The van der Waals surface area contributed by atoms with Gasteiger partial charge in [-0.25, -0.2) is 0 Å². The number of hydrogen-bond donors (Lipinski definition) is 2. The Morgan fingerprint density at radius 3 is 2.94 bits per heavy atom. The Morgan fingerprint density at radius 1 is 1.53 bits per heavy atom. The fourth-order valence-electron chi connectivity index (χ4n) is 1.54. The van der Waals surface area contributed by atoms with Crippen molar-refractivity contribution in [2.75, 3.05) is 5.75 Å². The minimum absolute atomic E-state index is 0.0410. The van der Waals surface area contributed by atoms with Crippen molar-refractivity contribution in [3.8, 4) is 5.75 Å². The van der Waals surface area contributed by atoms with Gasteiger partial charge in [-0.3, -0.25) is 4.79 Å². The Labute approximate surface area is 107 Å². The van der Waals surface area contributed by atoms with Gasteiger partial charge in [0.1, 0.15) is 5.75 Å². The maximum absolute atomic E-state index is 11.6. The van der Waals surface area contributed by atoms with Crippen LogP contribution in [0, 0.1) is 0 Å². The Morgan fingerprint density at radius 2 is 2.29 bits per heavy atom. The minimum atomic E-state index is 0.0410. The number of carbonyl (C=O) groups excluding carboxylic acids is 1. The second-order valence-corrected chi connectivity index (χ2v) is 5.09. The third-order valence-corrected chi connectivity index (χ3v) is 3.31. The molecule has 94 valence electrons. The predicted octanol–water partition coefficient (Wildman–Crippen LogP) is 2.79. The zero-order chi connectivity index (χ0) is 12.7. The number of benzene rings is 1. The highest BCUT2D eigenvalue weighted by Gasteiger charge is 2.07. The summed E-state index contributed by atoms with van der Waals surface area (Å²) in [5.41, 5.74) is 0. The van der Waals surface area contributed by atoms with Gasteiger partial charge in [0.15, 0.2) is 0 Å². The highest BCUT2D eigenvalue weighted by atomic mass is 32.2. The minimum Gasteiger partial charge on any atom is -0.508 e. The average Bonchev–Trinajstić information content (AvgIpc) is 2.27. The fourth-order valence-corrected chi connectivity index (χ4v) is 2.30.